The van der Waals surface area contributed by atoms with E-state index >= 15 is 0 Å². The van der Waals surface area contributed by atoms with E-state index in [2.05, 4.69) is 0 Å². The third-order valence-electron chi connectivity index (χ3n) is 2.44. The minimum absolute atomic E-state index is 0.119. The molecule has 110 valence electrons. The van der Waals surface area contributed by atoms with Gasteiger partial charge in [-0.2, -0.15) is 0 Å². The van der Waals surface area contributed by atoms with Crippen LogP contribution in [0.25, 0.3) is 0 Å². The van der Waals surface area contributed by atoms with E-state index in [0.29, 0.717) is 12.2 Å². The molecule has 0 bridgehead atoms. The highest BCUT2D eigenvalue weighted by Gasteiger charge is 2.22. The van der Waals surface area contributed by atoms with Crippen molar-refractivity contribution in [3.05, 3.63) is 35.9 Å². The van der Waals surface area contributed by atoms with Gasteiger partial charge in [0.05, 0.1) is 5.69 Å². The van der Waals surface area contributed by atoms with Crippen molar-refractivity contribution in [1.29, 1.82) is 0 Å². The lowest BCUT2D eigenvalue weighted by Crippen LogP contribution is -2.37. The Morgan fingerprint density at radius 2 is 2.00 bits per heavy atom. The molecule has 1 N–H and O–H groups in total. The van der Waals surface area contributed by atoms with Gasteiger partial charge in [0.25, 0.3) is 0 Å². The molecule has 0 aromatic heterocycles. The van der Waals surface area contributed by atoms with Crippen molar-refractivity contribution in [3.63, 3.8) is 0 Å². The second kappa shape index (κ2) is 6.46. The summed E-state index contributed by atoms with van der Waals surface area (Å²) in [5, 5.41) is 9.56. The van der Waals surface area contributed by atoms with E-state index in [1.165, 1.54) is 4.90 Å². The Hall–Kier alpha value is -1.97. The number of carbonyl (C=O) groups excluding carboxylic acids is 1. The Labute approximate surface area is 120 Å². The molecule has 0 spiro atoms. The van der Waals surface area contributed by atoms with Crippen molar-refractivity contribution in [3.8, 4) is 5.75 Å². The molecule has 0 aliphatic heterocycles. The number of anilines is 1. The number of aromatic hydroxyl groups is 1. The second-order valence-corrected chi connectivity index (χ2v) is 5.89. The molecule has 0 aliphatic carbocycles. The van der Waals surface area contributed by atoms with Gasteiger partial charge in [-0.15, -0.1) is 0 Å². The Morgan fingerprint density at radius 1 is 1.35 bits per heavy atom. The molecule has 0 heterocycles. The van der Waals surface area contributed by atoms with Gasteiger partial charge >= 0.3 is 6.09 Å². The van der Waals surface area contributed by atoms with E-state index in [4.69, 9.17) is 4.74 Å². The molecule has 4 nitrogen and oxygen atoms in total. The van der Waals surface area contributed by atoms with Crippen LogP contribution < -0.4 is 4.90 Å². The first kappa shape index (κ1) is 16.1. The predicted octanol–water partition coefficient (Wildman–Crippen LogP) is 4.10. The first-order chi connectivity index (χ1) is 9.19. The van der Waals surface area contributed by atoms with Crippen molar-refractivity contribution in [1.82, 2.24) is 0 Å². The van der Waals surface area contributed by atoms with Crippen LogP contribution in [-0.4, -0.2) is 23.3 Å². The molecule has 20 heavy (non-hydrogen) atoms. The molecule has 1 amide bonds. The lowest BCUT2D eigenvalue weighted by molar-refractivity contribution is 0.0584. The summed E-state index contributed by atoms with van der Waals surface area (Å²) < 4.78 is 5.40. The Bertz CT molecular complexity index is 497. The summed E-state index contributed by atoms with van der Waals surface area (Å²) in [4.78, 5) is 13.8. The first-order valence-corrected chi connectivity index (χ1v) is 6.62. The van der Waals surface area contributed by atoms with E-state index in [1.807, 2.05) is 40.7 Å². The summed E-state index contributed by atoms with van der Waals surface area (Å²) in [5.74, 6) is 0.119. The number of benzene rings is 1. The normalized spacial score (nSPS) is 10.8. The lowest BCUT2D eigenvalue weighted by Gasteiger charge is -2.27. The molecule has 0 atom stereocenters. The summed E-state index contributed by atoms with van der Waals surface area (Å²) in [7, 11) is 0. The van der Waals surface area contributed by atoms with E-state index in [0.717, 1.165) is 5.57 Å². The largest absolute Gasteiger partial charge is 0.508 e. The lowest BCUT2D eigenvalue weighted by atomic mass is 10.2. The number of phenolic OH excluding ortho intramolecular Hbond substituents is 1. The monoisotopic (exact) mass is 277 g/mol. The van der Waals surface area contributed by atoms with Crippen LogP contribution in [-0.2, 0) is 4.74 Å². The molecule has 0 saturated heterocycles. The number of allylic oxidation sites excluding steroid dienone is 1. The minimum atomic E-state index is -0.558. The van der Waals surface area contributed by atoms with Gasteiger partial charge in [-0.05, 0) is 46.8 Å². The standard InChI is InChI=1S/C16H23NO3/c1-12(2)9-10-17(15(19)20-16(3,4)5)13-7-6-8-14(18)11-13/h6-9,11,18H,10H2,1-5H3. The topological polar surface area (TPSA) is 49.8 Å². The fraction of sp³-hybridized carbons (Fsp3) is 0.438. The summed E-state index contributed by atoms with van der Waals surface area (Å²) in [6.07, 6.45) is 1.51. The van der Waals surface area contributed by atoms with Crippen molar-refractivity contribution in [2.24, 2.45) is 0 Å². The van der Waals surface area contributed by atoms with Gasteiger partial charge in [0.1, 0.15) is 11.4 Å². The van der Waals surface area contributed by atoms with E-state index in [-0.39, 0.29) is 5.75 Å². The zero-order valence-corrected chi connectivity index (χ0v) is 12.8. The van der Waals surface area contributed by atoms with E-state index in [1.54, 1.807) is 24.3 Å². The molecule has 0 unspecified atom stereocenters. The highest BCUT2D eigenvalue weighted by Crippen LogP contribution is 2.22. The van der Waals surface area contributed by atoms with Crippen LogP contribution in [0.2, 0.25) is 0 Å². The maximum Gasteiger partial charge on any atom is 0.415 e. The molecule has 0 aliphatic rings. The van der Waals surface area contributed by atoms with Crippen molar-refractivity contribution in [2.45, 2.75) is 40.2 Å². The number of nitrogens with zero attached hydrogens (tertiary/aromatic N) is 1. The zero-order valence-electron chi connectivity index (χ0n) is 12.8. The maximum absolute atomic E-state index is 12.3. The van der Waals surface area contributed by atoms with Crippen LogP contribution in [0.3, 0.4) is 0 Å². The molecule has 0 fully saturated rings. The molecule has 1 rings (SSSR count). The third kappa shape index (κ3) is 5.34. The van der Waals surface area contributed by atoms with Gasteiger partial charge in [0.2, 0.25) is 0 Å². The molecular formula is C16H23NO3. The van der Waals surface area contributed by atoms with Crippen LogP contribution >= 0.6 is 0 Å². The average Bonchev–Trinajstić information content (AvgIpc) is 2.26. The fourth-order valence-corrected chi connectivity index (χ4v) is 1.54. The maximum atomic E-state index is 12.3. The number of amides is 1. The van der Waals surface area contributed by atoms with Crippen molar-refractivity contribution < 1.29 is 14.6 Å². The fourth-order valence-electron chi connectivity index (χ4n) is 1.54. The first-order valence-electron chi connectivity index (χ1n) is 6.62. The van der Waals surface area contributed by atoms with E-state index < -0.39 is 11.7 Å². The number of carbonyl (C=O) groups is 1. The number of phenols is 1. The van der Waals surface area contributed by atoms with Gasteiger partial charge in [-0.25, -0.2) is 4.79 Å². The zero-order chi connectivity index (χ0) is 15.3. The van der Waals surface area contributed by atoms with Crippen molar-refractivity contribution in [2.75, 3.05) is 11.4 Å². The molecule has 0 radical (unpaired) electrons. The van der Waals surface area contributed by atoms with Crippen LogP contribution in [0, 0.1) is 0 Å². The van der Waals surface area contributed by atoms with Crippen molar-refractivity contribution >= 4 is 11.8 Å². The van der Waals surface area contributed by atoms with E-state index in [9.17, 15) is 9.90 Å². The number of rotatable bonds is 3. The average molecular weight is 277 g/mol. The van der Waals surface area contributed by atoms with Crippen LogP contribution in [0.1, 0.15) is 34.6 Å². The molecule has 1 aromatic carbocycles. The Balaban J connectivity index is 3.02. The molecule has 0 saturated carbocycles. The van der Waals surface area contributed by atoms with Crippen LogP contribution in [0.4, 0.5) is 10.5 Å². The SMILES string of the molecule is CC(C)=CCN(C(=O)OC(C)(C)C)c1cccc(O)c1. The highest BCUT2D eigenvalue weighted by molar-refractivity contribution is 5.88. The Kier molecular flexibility index (Phi) is 5.19. The summed E-state index contributed by atoms with van der Waals surface area (Å²) >= 11 is 0. The third-order valence-corrected chi connectivity index (χ3v) is 2.44. The highest BCUT2D eigenvalue weighted by atomic mass is 16.6. The van der Waals surface area contributed by atoms with Crippen LogP contribution in [0.15, 0.2) is 35.9 Å². The Morgan fingerprint density at radius 3 is 2.50 bits per heavy atom. The van der Waals surface area contributed by atoms with Gasteiger partial charge in [-0.3, -0.25) is 4.90 Å². The minimum Gasteiger partial charge on any atom is -0.508 e. The van der Waals surface area contributed by atoms with Gasteiger partial charge in [0.15, 0.2) is 0 Å². The van der Waals surface area contributed by atoms with Gasteiger partial charge in [-0.1, -0.05) is 17.7 Å². The smallest absolute Gasteiger partial charge is 0.415 e. The van der Waals surface area contributed by atoms with Crippen LogP contribution in [0.5, 0.6) is 5.75 Å². The van der Waals surface area contributed by atoms with Gasteiger partial charge < -0.3 is 9.84 Å². The number of ether oxygens (including phenoxy) is 1. The summed E-state index contributed by atoms with van der Waals surface area (Å²) in [5.41, 5.74) is 1.16. The summed E-state index contributed by atoms with van der Waals surface area (Å²) in [6, 6.07) is 6.58. The quantitative estimate of drug-likeness (QED) is 0.846. The molecular weight excluding hydrogens is 254 g/mol. The van der Waals surface area contributed by atoms with Gasteiger partial charge in [0, 0.05) is 12.6 Å². The number of hydrogen-bond acceptors (Lipinski definition) is 3. The molecule has 4 heteroatoms. The summed E-state index contributed by atoms with van der Waals surface area (Å²) in [6.45, 7) is 9.82. The molecule has 1 aromatic rings. The second-order valence-electron chi connectivity index (χ2n) is 5.89. The predicted molar refractivity (Wildman–Crippen MR) is 81.1 cm³/mol. The number of hydrogen-bond donors (Lipinski definition) is 1.